The lowest BCUT2D eigenvalue weighted by atomic mass is 9.79. The minimum Gasteiger partial charge on any atom is -0.341 e. The van der Waals surface area contributed by atoms with Gasteiger partial charge in [-0.2, -0.15) is 18.3 Å². The van der Waals surface area contributed by atoms with E-state index in [4.69, 9.17) is 0 Å². The molecule has 12 heteroatoms. The van der Waals surface area contributed by atoms with Crippen molar-refractivity contribution in [2.45, 2.75) is 38.9 Å². The fourth-order valence-electron chi connectivity index (χ4n) is 5.43. The molecule has 9 nitrogen and oxygen atoms in total. The maximum atomic E-state index is 13.2. The topological polar surface area (TPSA) is 91.6 Å². The van der Waals surface area contributed by atoms with Crippen molar-refractivity contribution in [1.29, 1.82) is 0 Å². The van der Waals surface area contributed by atoms with Gasteiger partial charge < -0.3 is 14.7 Å². The van der Waals surface area contributed by atoms with E-state index < -0.39 is 23.1 Å². The maximum Gasteiger partial charge on any atom is 0.433 e. The van der Waals surface area contributed by atoms with Crippen molar-refractivity contribution in [1.82, 2.24) is 29.5 Å². The summed E-state index contributed by atoms with van der Waals surface area (Å²) < 4.78 is 40.4. The standard InChI is InChI=1S/C29H33F3N6O3/c1-28(27(41)37-14-12-35(2)13-15-37)8-10-36(11-9-28)26(40)19-38-18-21-16-20(6-7-22(21)34-38)17-24(39)23-4-3-5-25(33-23)29(30,31)32/h3-7,16,18H,8-15,17,19H2,1-2H3. The number of piperazine rings is 1. The molecule has 0 saturated carbocycles. The number of aromatic nitrogens is 3. The number of nitrogens with zero attached hydrogens (tertiary/aromatic N) is 6. The number of rotatable bonds is 6. The number of Topliss-reactive ketones (excluding diaryl/α,β-unsaturated/α-hetero) is 1. The molecule has 5 rings (SSSR count). The van der Waals surface area contributed by atoms with Gasteiger partial charge >= 0.3 is 6.18 Å². The monoisotopic (exact) mass is 570 g/mol. The fourth-order valence-corrected chi connectivity index (χ4v) is 5.43. The van der Waals surface area contributed by atoms with Crippen LogP contribution in [0.15, 0.2) is 42.6 Å². The Bertz CT molecular complexity index is 1450. The van der Waals surface area contributed by atoms with Crippen molar-refractivity contribution in [2.75, 3.05) is 46.3 Å². The van der Waals surface area contributed by atoms with Gasteiger partial charge in [0.1, 0.15) is 17.9 Å². The average Bonchev–Trinajstić information content (AvgIpc) is 3.34. The predicted molar refractivity (Wildman–Crippen MR) is 145 cm³/mol. The summed E-state index contributed by atoms with van der Waals surface area (Å²) in [6.07, 6.45) is -1.80. The van der Waals surface area contributed by atoms with Crippen LogP contribution >= 0.6 is 0 Å². The highest BCUT2D eigenvalue weighted by atomic mass is 19.4. The summed E-state index contributed by atoms with van der Waals surface area (Å²) in [5.74, 6) is -0.437. The van der Waals surface area contributed by atoms with E-state index in [1.54, 1.807) is 34.0 Å². The molecule has 0 radical (unpaired) electrons. The smallest absolute Gasteiger partial charge is 0.341 e. The lowest BCUT2D eigenvalue weighted by Crippen LogP contribution is -2.54. The minimum atomic E-state index is -4.63. The summed E-state index contributed by atoms with van der Waals surface area (Å²) in [4.78, 5) is 48.3. The van der Waals surface area contributed by atoms with E-state index in [1.165, 1.54) is 12.1 Å². The highest BCUT2D eigenvalue weighted by Gasteiger charge is 2.41. The molecule has 2 saturated heterocycles. The van der Waals surface area contributed by atoms with Gasteiger partial charge in [-0.25, -0.2) is 4.98 Å². The second-order valence-electron chi connectivity index (χ2n) is 11.3. The second kappa shape index (κ2) is 11.2. The Morgan fingerprint density at radius 1 is 0.951 bits per heavy atom. The number of piperidine rings is 1. The van der Waals surface area contributed by atoms with Crippen molar-refractivity contribution in [3.63, 3.8) is 0 Å². The fraction of sp³-hybridized carbons (Fsp3) is 0.483. The molecule has 0 aliphatic carbocycles. The number of carbonyl (C=O) groups is 3. The van der Waals surface area contributed by atoms with Gasteiger partial charge in [0, 0.05) is 62.7 Å². The average molecular weight is 571 g/mol. The number of carbonyl (C=O) groups excluding carboxylic acids is 3. The molecule has 41 heavy (non-hydrogen) atoms. The third-order valence-corrected chi connectivity index (χ3v) is 8.13. The summed E-state index contributed by atoms with van der Waals surface area (Å²) >= 11 is 0. The summed E-state index contributed by atoms with van der Waals surface area (Å²) in [6, 6.07) is 8.41. The lowest BCUT2D eigenvalue weighted by Gasteiger charge is -2.43. The van der Waals surface area contributed by atoms with Gasteiger partial charge in [0.15, 0.2) is 5.78 Å². The van der Waals surface area contributed by atoms with Gasteiger partial charge in [-0.15, -0.1) is 0 Å². The number of alkyl halides is 3. The Morgan fingerprint density at radius 2 is 1.66 bits per heavy atom. The quantitative estimate of drug-likeness (QED) is 0.423. The van der Waals surface area contributed by atoms with Crippen LogP contribution < -0.4 is 0 Å². The van der Waals surface area contributed by atoms with E-state index in [1.807, 2.05) is 11.8 Å². The first-order chi connectivity index (χ1) is 19.4. The highest BCUT2D eigenvalue weighted by molar-refractivity contribution is 5.96. The number of benzene rings is 1. The molecule has 2 fully saturated rings. The number of hydrogen-bond acceptors (Lipinski definition) is 6. The molecular formula is C29H33F3N6O3. The molecule has 2 amide bonds. The molecule has 1 aromatic carbocycles. The van der Waals surface area contributed by atoms with E-state index in [0.29, 0.717) is 42.4 Å². The van der Waals surface area contributed by atoms with Crippen LogP contribution in [0.25, 0.3) is 10.9 Å². The predicted octanol–water partition coefficient (Wildman–Crippen LogP) is 3.28. The van der Waals surface area contributed by atoms with E-state index in [9.17, 15) is 27.6 Å². The van der Waals surface area contributed by atoms with Crippen LogP contribution in [-0.4, -0.2) is 93.4 Å². The number of likely N-dealkylation sites (tertiary alicyclic amines) is 1. The van der Waals surface area contributed by atoms with Crippen LogP contribution in [0.5, 0.6) is 0 Å². The van der Waals surface area contributed by atoms with Gasteiger partial charge in [0.25, 0.3) is 0 Å². The number of hydrogen-bond donors (Lipinski definition) is 0. The molecule has 4 heterocycles. The molecule has 0 spiro atoms. The molecule has 218 valence electrons. The number of halogens is 3. The third kappa shape index (κ3) is 6.42. The Hall–Kier alpha value is -3.80. The van der Waals surface area contributed by atoms with Gasteiger partial charge in [-0.1, -0.05) is 19.1 Å². The van der Waals surface area contributed by atoms with Crippen molar-refractivity contribution in [2.24, 2.45) is 5.41 Å². The zero-order valence-electron chi connectivity index (χ0n) is 23.2. The first kappa shape index (κ1) is 28.7. The zero-order valence-corrected chi connectivity index (χ0v) is 23.2. The summed E-state index contributed by atoms with van der Waals surface area (Å²) in [5.41, 5.74) is -0.582. The van der Waals surface area contributed by atoms with Crippen molar-refractivity contribution in [3.05, 3.63) is 59.5 Å². The van der Waals surface area contributed by atoms with Crippen molar-refractivity contribution >= 4 is 28.5 Å². The van der Waals surface area contributed by atoms with Crippen LogP contribution in [0, 0.1) is 5.41 Å². The summed E-state index contributed by atoms with van der Waals surface area (Å²) in [5, 5.41) is 5.18. The van der Waals surface area contributed by atoms with Crippen LogP contribution in [0.1, 0.15) is 41.5 Å². The van der Waals surface area contributed by atoms with Crippen LogP contribution in [-0.2, 0) is 28.7 Å². The number of fused-ring (bicyclic) bond motifs is 1. The molecule has 2 aliphatic rings. The minimum absolute atomic E-state index is 0.0419. The first-order valence-electron chi connectivity index (χ1n) is 13.7. The molecule has 0 unspecified atom stereocenters. The largest absolute Gasteiger partial charge is 0.433 e. The van der Waals surface area contributed by atoms with Crippen LogP contribution in [0.4, 0.5) is 13.2 Å². The van der Waals surface area contributed by atoms with Crippen LogP contribution in [0.2, 0.25) is 0 Å². The van der Waals surface area contributed by atoms with E-state index in [2.05, 4.69) is 22.0 Å². The number of amides is 2. The maximum absolute atomic E-state index is 13.2. The molecule has 2 aromatic heterocycles. The van der Waals surface area contributed by atoms with Gasteiger partial charge in [-0.05, 0) is 49.7 Å². The number of ketones is 1. The lowest BCUT2D eigenvalue weighted by molar-refractivity contribution is -0.148. The first-order valence-corrected chi connectivity index (χ1v) is 13.7. The summed E-state index contributed by atoms with van der Waals surface area (Å²) in [7, 11) is 2.05. The number of pyridine rings is 1. The van der Waals surface area contributed by atoms with Crippen molar-refractivity contribution in [3.8, 4) is 0 Å². The van der Waals surface area contributed by atoms with Gasteiger partial charge in [0.05, 0.1) is 5.52 Å². The molecular weight excluding hydrogens is 537 g/mol. The molecule has 3 aromatic rings. The molecule has 2 aliphatic heterocycles. The summed E-state index contributed by atoms with van der Waals surface area (Å²) in [6.45, 7) is 6.26. The van der Waals surface area contributed by atoms with E-state index in [-0.39, 0.29) is 30.5 Å². The Morgan fingerprint density at radius 3 is 2.34 bits per heavy atom. The van der Waals surface area contributed by atoms with E-state index in [0.717, 1.165) is 32.2 Å². The van der Waals surface area contributed by atoms with Gasteiger partial charge in [0.2, 0.25) is 11.8 Å². The molecule has 0 N–H and O–H groups in total. The Balaban J connectivity index is 1.18. The SMILES string of the molecule is CN1CCN(C(=O)C2(C)CCN(C(=O)Cn3cc4cc(CC(=O)c5cccc(C(F)(F)F)n5)ccc4n3)CC2)CC1. The Kier molecular flexibility index (Phi) is 7.87. The highest BCUT2D eigenvalue weighted by Crippen LogP contribution is 2.33. The second-order valence-corrected chi connectivity index (χ2v) is 11.3. The van der Waals surface area contributed by atoms with E-state index >= 15 is 0 Å². The van der Waals surface area contributed by atoms with Gasteiger partial charge in [-0.3, -0.25) is 19.1 Å². The molecule has 0 bridgehead atoms. The van der Waals surface area contributed by atoms with Crippen molar-refractivity contribution < 1.29 is 27.6 Å². The molecule has 0 atom stereocenters. The third-order valence-electron chi connectivity index (χ3n) is 8.13. The normalized spacial score (nSPS) is 18.1. The zero-order chi connectivity index (χ0) is 29.4. The van der Waals surface area contributed by atoms with Crippen LogP contribution in [0.3, 0.4) is 0 Å². The number of likely N-dealkylation sites (N-methyl/N-ethyl adjacent to an activating group) is 1. The Labute approximate surface area is 235 Å².